The van der Waals surface area contributed by atoms with Gasteiger partial charge in [0.05, 0.1) is 17.7 Å². The van der Waals surface area contributed by atoms with Crippen LogP contribution in [0.25, 0.3) is 11.3 Å². The van der Waals surface area contributed by atoms with Gasteiger partial charge in [-0.3, -0.25) is 4.79 Å². The van der Waals surface area contributed by atoms with Gasteiger partial charge in [-0.15, -0.1) is 0 Å². The third-order valence-corrected chi connectivity index (χ3v) is 6.30. The molecule has 3 rings (SSSR count). The molecule has 1 aliphatic rings. The van der Waals surface area contributed by atoms with Gasteiger partial charge in [-0.25, -0.2) is 17.8 Å². The van der Waals surface area contributed by atoms with Crippen LogP contribution in [0.1, 0.15) is 25.7 Å². The Kier molecular flexibility index (Phi) is 5.41. The summed E-state index contributed by atoms with van der Waals surface area (Å²) < 4.78 is 41.9. The first kappa shape index (κ1) is 18.6. The van der Waals surface area contributed by atoms with Crippen molar-refractivity contribution in [3.63, 3.8) is 0 Å². The average molecular weight is 380 g/mol. The van der Waals surface area contributed by atoms with Crippen LogP contribution in [-0.4, -0.2) is 48.3 Å². The highest BCUT2D eigenvalue weighted by atomic mass is 32.2. The fourth-order valence-corrected chi connectivity index (χ4v) is 4.92. The van der Waals surface area contributed by atoms with Gasteiger partial charge in [0.25, 0.3) is 0 Å². The van der Waals surface area contributed by atoms with E-state index in [1.807, 2.05) is 6.92 Å². The predicted octanol–water partition coefficient (Wildman–Crippen LogP) is 2.45. The summed E-state index contributed by atoms with van der Waals surface area (Å²) in [5.41, 5.74) is 0.711. The summed E-state index contributed by atoms with van der Waals surface area (Å²) in [6.07, 6.45) is 2.58. The Morgan fingerprint density at radius 2 is 2.08 bits per heavy atom. The number of aromatic nitrogens is 1. The van der Waals surface area contributed by atoms with Crippen molar-refractivity contribution in [2.45, 2.75) is 32.2 Å². The number of benzene rings is 1. The van der Waals surface area contributed by atoms with Gasteiger partial charge in [-0.05, 0) is 37.6 Å². The van der Waals surface area contributed by atoms with Crippen LogP contribution in [0.2, 0.25) is 0 Å². The van der Waals surface area contributed by atoms with Gasteiger partial charge < -0.3 is 9.32 Å². The Hall–Kier alpha value is -2.22. The van der Waals surface area contributed by atoms with E-state index in [1.54, 1.807) is 23.2 Å². The Balaban J connectivity index is 1.60. The van der Waals surface area contributed by atoms with Crippen molar-refractivity contribution < 1.29 is 22.0 Å². The normalized spacial score (nSPS) is 18.8. The van der Waals surface area contributed by atoms with Crippen LogP contribution in [-0.2, 0) is 21.1 Å². The number of aryl methyl sites for hydroxylation is 1. The van der Waals surface area contributed by atoms with E-state index in [1.165, 1.54) is 12.1 Å². The molecule has 0 saturated carbocycles. The molecule has 0 aliphatic carbocycles. The zero-order chi connectivity index (χ0) is 18.7. The first-order valence-electron chi connectivity index (χ1n) is 8.58. The van der Waals surface area contributed by atoms with Crippen LogP contribution >= 0.6 is 0 Å². The highest BCUT2D eigenvalue weighted by molar-refractivity contribution is 7.91. The maximum absolute atomic E-state index is 13.0. The third kappa shape index (κ3) is 4.30. The summed E-state index contributed by atoms with van der Waals surface area (Å²) in [6.45, 7) is 2.33. The van der Waals surface area contributed by atoms with E-state index in [4.69, 9.17) is 4.42 Å². The van der Waals surface area contributed by atoms with Gasteiger partial charge in [-0.2, -0.15) is 0 Å². The molecule has 140 valence electrons. The van der Waals surface area contributed by atoms with E-state index in [9.17, 15) is 17.6 Å². The lowest BCUT2D eigenvalue weighted by atomic mass is 10.2. The fraction of sp³-hybridized carbons (Fsp3) is 0.444. The topological polar surface area (TPSA) is 80.5 Å². The zero-order valence-corrected chi connectivity index (χ0v) is 15.3. The van der Waals surface area contributed by atoms with Crippen molar-refractivity contribution in [2.75, 3.05) is 18.1 Å². The number of halogens is 1. The molecule has 1 aromatic carbocycles. The van der Waals surface area contributed by atoms with Gasteiger partial charge in [0.1, 0.15) is 5.82 Å². The lowest BCUT2D eigenvalue weighted by Gasteiger charge is -2.26. The number of oxazole rings is 1. The smallest absolute Gasteiger partial charge is 0.223 e. The summed E-state index contributed by atoms with van der Waals surface area (Å²) in [5, 5.41) is 0. The summed E-state index contributed by atoms with van der Waals surface area (Å²) in [4.78, 5) is 18.3. The largest absolute Gasteiger partial charge is 0.441 e. The highest BCUT2D eigenvalue weighted by Gasteiger charge is 2.33. The molecular formula is C18H21FN2O4S. The average Bonchev–Trinajstić information content (AvgIpc) is 3.21. The number of hydrogen-bond donors (Lipinski definition) is 0. The number of amides is 1. The molecule has 0 bridgehead atoms. The van der Waals surface area contributed by atoms with Gasteiger partial charge in [-0.1, -0.05) is 0 Å². The maximum atomic E-state index is 13.0. The second-order valence-electron chi connectivity index (χ2n) is 6.36. The van der Waals surface area contributed by atoms with Crippen molar-refractivity contribution in [3.8, 4) is 11.3 Å². The maximum Gasteiger partial charge on any atom is 0.223 e. The minimum absolute atomic E-state index is 0.0420. The van der Waals surface area contributed by atoms with Crippen LogP contribution in [0, 0.1) is 5.82 Å². The van der Waals surface area contributed by atoms with E-state index in [0.717, 1.165) is 0 Å². The SMILES string of the molecule is CCN(C(=O)CCc1ncc(-c2ccc(F)cc2)o1)C1CCS(=O)(=O)C1. The molecule has 6 nitrogen and oxygen atoms in total. The van der Waals surface area contributed by atoms with Crippen molar-refractivity contribution in [1.29, 1.82) is 0 Å². The molecule has 1 aromatic heterocycles. The molecule has 26 heavy (non-hydrogen) atoms. The molecule has 2 aromatic rings. The summed E-state index contributed by atoms with van der Waals surface area (Å²) in [5.74, 6) is 0.695. The minimum atomic E-state index is -3.03. The van der Waals surface area contributed by atoms with Gasteiger partial charge in [0.2, 0.25) is 5.91 Å². The minimum Gasteiger partial charge on any atom is -0.441 e. The summed E-state index contributed by atoms with van der Waals surface area (Å²) in [6, 6.07) is 5.65. The van der Waals surface area contributed by atoms with Crippen LogP contribution in [0.15, 0.2) is 34.9 Å². The molecular weight excluding hydrogens is 359 g/mol. The van der Waals surface area contributed by atoms with E-state index >= 15 is 0 Å². The van der Waals surface area contributed by atoms with E-state index in [0.29, 0.717) is 36.6 Å². The van der Waals surface area contributed by atoms with Crippen molar-refractivity contribution >= 4 is 15.7 Å². The first-order valence-corrected chi connectivity index (χ1v) is 10.4. The Labute approximate surface area is 151 Å². The zero-order valence-electron chi connectivity index (χ0n) is 14.5. The molecule has 1 aliphatic heterocycles. The molecule has 8 heteroatoms. The first-order chi connectivity index (χ1) is 12.4. The number of hydrogen-bond acceptors (Lipinski definition) is 5. The third-order valence-electron chi connectivity index (χ3n) is 4.55. The quantitative estimate of drug-likeness (QED) is 0.769. The molecule has 1 unspecified atom stereocenters. The van der Waals surface area contributed by atoms with Crippen molar-refractivity contribution in [1.82, 2.24) is 9.88 Å². The van der Waals surface area contributed by atoms with E-state index < -0.39 is 9.84 Å². The molecule has 0 spiro atoms. The van der Waals surface area contributed by atoms with E-state index in [-0.39, 0.29) is 35.7 Å². The van der Waals surface area contributed by atoms with Crippen LogP contribution < -0.4 is 0 Å². The van der Waals surface area contributed by atoms with Crippen LogP contribution in [0.3, 0.4) is 0 Å². The molecule has 1 atom stereocenters. The van der Waals surface area contributed by atoms with Crippen LogP contribution in [0.5, 0.6) is 0 Å². The molecule has 2 heterocycles. The summed E-state index contributed by atoms with van der Waals surface area (Å²) >= 11 is 0. The fourth-order valence-electron chi connectivity index (χ4n) is 3.19. The number of rotatable bonds is 6. The Morgan fingerprint density at radius 3 is 2.69 bits per heavy atom. The van der Waals surface area contributed by atoms with Crippen LogP contribution in [0.4, 0.5) is 4.39 Å². The lowest BCUT2D eigenvalue weighted by molar-refractivity contribution is -0.132. The highest BCUT2D eigenvalue weighted by Crippen LogP contribution is 2.22. The Morgan fingerprint density at radius 1 is 1.35 bits per heavy atom. The van der Waals surface area contributed by atoms with Gasteiger partial charge >= 0.3 is 0 Å². The molecule has 1 amide bonds. The monoisotopic (exact) mass is 380 g/mol. The molecule has 0 N–H and O–H groups in total. The Bertz CT molecular complexity index is 877. The lowest BCUT2D eigenvalue weighted by Crippen LogP contribution is -2.41. The van der Waals surface area contributed by atoms with Gasteiger partial charge in [0, 0.05) is 31.0 Å². The number of nitrogens with zero attached hydrogens (tertiary/aromatic N) is 2. The number of sulfone groups is 1. The number of carbonyl (C=O) groups is 1. The molecule has 1 saturated heterocycles. The van der Waals surface area contributed by atoms with Gasteiger partial charge in [0.15, 0.2) is 21.5 Å². The van der Waals surface area contributed by atoms with E-state index in [2.05, 4.69) is 4.98 Å². The second-order valence-corrected chi connectivity index (χ2v) is 8.59. The van der Waals surface area contributed by atoms with Crippen molar-refractivity contribution in [2.24, 2.45) is 0 Å². The molecule has 0 radical (unpaired) electrons. The number of carbonyl (C=O) groups excluding carboxylic acids is 1. The summed E-state index contributed by atoms with van der Waals surface area (Å²) in [7, 11) is -3.03. The second kappa shape index (κ2) is 7.57. The van der Waals surface area contributed by atoms with Crippen molar-refractivity contribution in [3.05, 3.63) is 42.2 Å². The standard InChI is InChI=1S/C18H21FN2O4S/c1-2-21(15-9-10-26(23,24)12-15)18(22)8-7-17-20-11-16(25-17)13-3-5-14(19)6-4-13/h3-6,11,15H,2,7-10,12H2,1H3. The predicted molar refractivity (Wildman–Crippen MR) is 94.7 cm³/mol. The molecule has 1 fully saturated rings.